The molecule has 142 valence electrons. The van der Waals surface area contributed by atoms with E-state index in [9.17, 15) is 14.4 Å². The van der Waals surface area contributed by atoms with Gasteiger partial charge in [-0.2, -0.15) is 0 Å². The van der Waals surface area contributed by atoms with Crippen molar-refractivity contribution in [2.45, 2.75) is 24.2 Å². The number of esters is 1. The minimum absolute atomic E-state index is 0.0632. The molecule has 0 aliphatic carbocycles. The number of rotatable bonds is 6. The molecule has 7 nitrogen and oxygen atoms in total. The quantitative estimate of drug-likeness (QED) is 0.744. The minimum atomic E-state index is -0.385. The number of anilines is 2. The molecule has 0 spiro atoms. The Morgan fingerprint density at radius 3 is 2.89 bits per heavy atom. The largest absolute Gasteiger partial charge is 0.469 e. The summed E-state index contributed by atoms with van der Waals surface area (Å²) in [4.78, 5) is 42.9. The molecule has 0 unspecified atom stereocenters. The number of carbonyl (C=O) groups excluding carboxylic acids is 3. The molecule has 2 aromatic rings. The van der Waals surface area contributed by atoms with Crippen LogP contribution in [0.4, 0.5) is 10.8 Å². The van der Waals surface area contributed by atoms with Crippen LogP contribution in [0.15, 0.2) is 34.5 Å². The van der Waals surface area contributed by atoms with Crippen molar-refractivity contribution in [1.82, 2.24) is 4.98 Å². The maximum Gasteiger partial charge on any atom is 0.311 e. The Morgan fingerprint density at radius 1 is 1.26 bits per heavy atom. The Bertz CT molecular complexity index is 853. The second kappa shape index (κ2) is 9.01. The number of hydrogen-bond donors (Lipinski definition) is 1. The third-order valence-electron chi connectivity index (χ3n) is 3.95. The lowest BCUT2D eigenvalue weighted by atomic mass is 10.2. The first kappa shape index (κ1) is 19.4. The second-order valence-electron chi connectivity index (χ2n) is 5.81. The number of fused-ring (bicyclic) bond motifs is 1. The van der Waals surface area contributed by atoms with E-state index in [0.717, 1.165) is 16.3 Å². The van der Waals surface area contributed by atoms with Crippen molar-refractivity contribution in [2.24, 2.45) is 0 Å². The van der Waals surface area contributed by atoms with Crippen molar-refractivity contribution in [2.75, 3.05) is 29.6 Å². The average molecular weight is 406 g/mol. The number of hydrogen-bond acceptors (Lipinski definition) is 7. The Kier molecular flexibility index (Phi) is 6.46. The number of benzene rings is 1. The van der Waals surface area contributed by atoms with Gasteiger partial charge < -0.3 is 15.0 Å². The predicted molar refractivity (Wildman–Crippen MR) is 105 cm³/mol. The van der Waals surface area contributed by atoms with Crippen LogP contribution in [0, 0.1) is 0 Å². The van der Waals surface area contributed by atoms with Crippen LogP contribution in [0.2, 0.25) is 0 Å². The number of nitrogens with zero attached hydrogens (tertiary/aromatic N) is 2. The molecule has 0 bridgehead atoms. The number of thiazole rings is 1. The van der Waals surface area contributed by atoms with Gasteiger partial charge in [0.05, 0.1) is 24.9 Å². The Morgan fingerprint density at radius 2 is 2.07 bits per heavy atom. The first-order chi connectivity index (χ1) is 13.1. The molecule has 0 fully saturated rings. The summed E-state index contributed by atoms with van der Waals surface area (Å²) in [6.07, 6.45) is 0.273. The smallest absolute Gasteiger partial charge is 0.311 e. The van der Waals surface area contributed by atoms with E-state index in [-0.39, 0.29) is 37.0 Å². The Balaban J connectivity index is 1.51. The molecule has 0 saturated heterocycles. The normalized spacial score (nSPS) is 13.0. The molecule has 27 heavy (non-hydrogen) atoms. The van der Waals surface area contributed by atoms with Gasteiger partial charge in [-0.1, -0.05) is 12.1 Å². The summed E-state index contributed by atoms with van der Waals surface area (Å²) < 4.78 is 4.59. The Hall–Kier alpha value is -2.39. The molecule has 9 heteroatoms. The number of para-hydroxylation sites is 1. The van der Waals surface area contributed by atoms with Crippen molar-refractivity contribution in [3.8, 4) is 0 Å². The van der Waals surface area contributed by atoms with Crippen LogP contribution in [-0.4, -0.2) is 42.2 Å². The molecule has 1 aromatic heterocycles. The van der Waals surface area contributed by atoms with Gasteiger partial charge in [-0.05, 0) is 12.1 Å². The van der Waals surface area contributed by atoms with Crippen LogP contribution in [0.3, 0.4) is 0 Å². The number of ether oxygens (including phenoxy) is 1. The first-order valence-corrected chi connectivity index (χ1v) is 10.3. The zero-order valence-electron chi connectivity index (χ0n) is 14.8. The van der Waals surface area contributed by atoms with Crippen molar-refractivity contribution >= 4 is 51.7 Å². The lowest BCUT2D eigenvalue weighted by Crippen LogP contribution is -2.35. The van der Waals surface area contributed by atoms with Gasteiger partial charge in [-0.15, -0.1) is 23.1 Å². The molecule has 2 amide bonds. The topological polar surface area (TPSA) is 88.6 Å². The van der Waals surface area contributed by atoms with E-state index in [1.165, 1.54) is 18.4 Å². The molecule has 0 saturated carbocycles. The maximum absolute atomic E-state index is 12.5. The fourth-order valence-electron chi connectivity index (χ4n) is 2.63. The van der Waals surface area contributed by atoms with E-state index in [1.54, 1.807) is 22.0 Å². The zero-order chi connectivity index (χ0) is 19.2. The van der Waals surface area contributed by atoms with Crippen LogP contribution in [0.1, 0.15) is 18.5 Å². The van der Waals surface area contributed by atoms with Crippen molar-refractivity contribution in [3.63, 3.8) is 0 Å². The molecule has 1 aromatic carbocycles. The summed E-state index contributed by atoms with van der Waals surface area (Å²) >= 11 is 2.97. The highest BCUT2D eigenvalue weighted by Crippen LogP contribution is 2.34. The molecule has 1 N–H and O–H groups in total. The maximum atomic E-state index is 12.5. The van der Waals surface area contributed by atoms with Gasteiger partial charge in [-0.3, -0.25) is 14.4 Å². The number of methoxy groups -OCH3 is 1. The van der Waals surface area contributed by atoms with E-state index >= 15 is 0 Å². The van der Waals surface area contributed by atoms with E-state index < -0.39 is 0 Å². The van der Waals surface area contributed by atoms with E-state index in [0.29, 0.717) is 17.4 Å². The molecular formula is C18H19N3O4S2. The molecular weight excluding hydrogens is 386 g/mol. The van der Waals surface area contributed by atoms with Gasteiger partial charge in [0.2, 0.25) is 11.8 Å². The summed E-state index contributed by atoms with van der Waals surface area (Å²) in [7, 11) is 1.31. The lowest BCUT2D eigenvalue weighted by molar-refractivity contribution is -0.139. The number of nitrogens with one attached hydrogen (secondary N) is 1. The fourth-order valence-corrected chi connectivity index (χ4v) is 4.35. The summed E-state index contributed by atoms with van der Waals surface area (Å²) in [5, 5.41) is 4.78. The molecule has 0 radical (unpaired) electrons. The number of thioether (sulfide) groups is 1. The van der Waals surface area contributed by atoms with Crippen LogP contribution in [-0.2, 0) is 25.5 Å². The van der Waals surface area contributed by atoms with Gasteiger partial charge in [0, 0.05) is 35.4 Å². The first-order valence-electron chi connectivity index (χ1n) is 8.40. The zero-order valence-corrected chi connectivity index (χ0v) is 16.4. The number of amides is 2. The SMILES string of the molecule is COC(=O)Cc1csc(NC(=O)CCC(=O)N2CCSc3ccccc32)n1. The molecule has 3 rings (SSSR count). The van der Waals surface area contributed by atoms with Crippen molar-refractivity contribution in [3.05, 3.63) is 35.3 Å². The molecule has 2 heterocycles. The third kappa shape index (κ3) is 5.08. The van der Waals surface area contributed by atoms with Crippen LogP contribution >= 0.6 is 23.1 Å². The van der Waals surface area contributed by atoms with Crippen molar-refractivity contribution in [1.29, 1.82) is 0 Å². The fraction of sp³-hybridized carbons (Fsp3) is 0.333. The third-order valence-corrected chi connectivity index (χ3v) is 5.80. The van der Waals surface area contributed by atoms with Gasteiger partial charge in [0.25, 0.3) is 0 Å². The summed E-state index contributed by atoms with van der Waals surface area (Å²) in [5.41, 5.74) is 1.45. The van der Waals surface area contributed by atoms with Crippen molar-refractivity contribution < 1.29 is 19.1 Å². The van der Waals surface area contributed by atoms with Gasteiger partial charge in [0.1, 0.15) is 0 Å². The second-order valence-corrected chi connectivity index (χ2v) is 7.80. The predicted octanol–water partition coefficient (Wildman–Crippen LogP) is 2.72. The van der Waals surface area contributed by atoms with Gasteiger partial charge in [-0.25, -0.2) is 4.98 Å². The van der Waals surface area contributed by atoms with E-state index in [2.05, 4.69) is 15.0 Å². The average Bonchev–Trinajstić information content (AvgIpc) is 3.12. The standard InChI is InChI=1S/C18H19N3O4S2/c1-25-17(24)10-12-11-27-18(19-12)20-15(22)6-7-16(23)21-8-9-26-14-5-3-2-4-13(14)21/h2-5,11H,6-10H2,1H3,(H,19,20,22). The van der Waals surface area contributed by atoms with Crippen LogP contribution in [0.25, 0.3) is 0 Å². The van der Waals surface area contributed by atoms with E-state index in [4.69, 9.17) is 0 Å². The summed E-state index contributed by atoms with van der Waals surface area (Å²) in [6, 6.07) is 7.79. The summed E-state index contributed by atoms with van der Waals surface area (Å²) in [5.74, 6) is 0.117. The van der Waals surface area contributed by atoms with Crippen LogP contribution < -0.4 is 10.2 Å². The monoisotopic (exact) mass is 405 g/mol. The molecule has 1 aliphatic rings. The molecule has 0 atom stereocenters. The lowest BCUT2D eigenvalue weighted by Gasteiger charge is -2.28. The van der Waals surface area contributed by atoms with Gasteiger partial charge >= 0.3 is 5.97 Å². The van der Waals surface area contributed by atoms with Crippen LogP contribution in [0.5, 0.6) is 0 Å². The Labute approximate surface area is 165 Å². The highest BCUT2D eigenvalue weighted by atomic mass is 32.2. The van der Waals surface area contributed by atoms with E-state index in [1.807, 2.05) is 24.3 Å². The van der Waals surface area contributed by atoms with Gasteiger partial charge in [0.15, 0.2) is 5.13 Å². The number of carbonyl (C=O) groups is 3. The highest BCUT2D eigenvalue weighted by molar-refractivity contribution is 7.99. The minimum Gasteiger partial charge on any atom is -0.469 e. The molecule has 1 aliphatic heterocycles. The summed E-state index contributed by atoms with van der Waals surface area (Å²) in [6.45, 7) is 0.644. The highest BCUT2D eigenvalue weighted by Gasteiger charge is 2.23. The number of aromatic nitrogens is 1.